The molecule has 0 radical (unpaired) electrons. The number of ether oxygens (including phenoxy) is 1. The molecule has 0 unspecified atom stereocenters. The highest BCUT2D eigenvalue weighted by Gasteiger charge is 2.27. The van der Waals surface area contributed by atoms with E-state index in [1.165, 1.54) is 0 Å². The van der Waals surface area contributed by atoms with Gasteiger partial charge in [0.05, 0.1) is 23.8 Å². The number of hydrogen-bond acceptors (Lipinski definition) is 3. The van der Waals surface area contributed by atoms with Crippen molar-refractivity contribution < 1.29 is 9.53 Å². The van der Waals surface area contributed by atoms with Gasteiger partial charge in [-0.25, -0.2) is 4.98 Å². The standard InChI is InChI=1S/C18H26N4O2/c1-5-22-12(2)8-15(13(22)3)18(23)20-14-6-7-24-17(9-14)16-10-19-11-21(16)4/h8,10-11,14,17H,5-7,9H2,1-4H3,(H,20,23)/t14-,17-/m0/s1. The molecule has 1 N–H and O–H groups in total. The summed E-state index contributed by atoms with van der Waals surface area (Å²) in [6.07, 6.45) is 5.22. The molecule has 1 saturated heterocycles. The van der Waals surface area contributed by atoms with Crippen LogP contribution in [0.3, 0.4) is 0 Å². The number of hydrogen-bond donors (Lipinski definition) is 1. The average molecular weight is 330 g/mol. The van der Waals surface area contributed by atoms with Crippen LogP contribution < -0.4 is 5.32 Å². The van der Waals surface area contributed by atoms with Crippen LogP contribution in [-0.4, -0.2) is 32.7 Å². The number of nitrogens with one attached hydrogen (secondary N) is 1. The Hall–Kier alpha value is -2.08. The molecule has 2 atom stereocenters. The second kappa shape index (κ2) is 6.81. The first-order valence-corrected chi connectivity index (χ1v) is 8.56. The first kappa shape index (κ1) is 16.8. The number of imidazole rings is 1. The number of carbonyl (C=O) groups is 1. The SMILES string of the molecule is CCn1c(C)cc(C(=O)N[C@H]2CCO[C@H](c3cncn3C)C2)c1C. The summed E-state index contributed by atoms with van der Waals surface area (Å²) in [5, 5.41) is 3.19. The molecule has 0 spiro atoms. The van der Waals surface area contributed by atoms with E-state index < -0.39 is 0 Å². The monoisotopic (exact) mass is 330 g/mol. The Balaban J connectivity index is 1.69. The molecule has 2 aromatic heterocycles. The normalized spacial score (nSPS) is 21.0. The molecule has 2 aromatic rings. The number of rotatable bonds is 4. The van der Waals surface area contributed by atoms with Crippen molar-refractivity contribution >= 4 is 5.91 Å². The van der Waals surface area contributed by atoms with E-state index in [2.05, 4.69) is 21.8 Å². The van der Waals surface area contributed by atoms with E-state index >= 15 is 0 Å². The van der Waals surface area contributed by atoms with Crippen LogP contribution in [0.25, 0.3) is 0 Å². The summed E-state index contributed by atoms with van der Waals surface area (Å²) in [6.45, 7) is 7.67. The minimum absolute atomic E-state index is 0.0125. The van der Waals surface area contributed by atoms with E-state index in [0.717, 1.165) is 42.0 Å². The topological polar surface area (TPSA) is 61.1 Å². The summed E-state index contributed by atoms with van der Waals surface area (Å²) in [5.41, 5.74) is 3.98. The summed E-state index contributed by atoms with van der Waals surface area (Å²) >= 11 is 0. The Labute approximate surface area is 142 Å². The summed E-state index contributed by atoms with van der Waals surface area (Å²) in [7, 11) is 1.97. The summed E-state index contributed by atoms with van der Waals surface area (Å²) < 4.78 is 10.0. The fourth-order valence-corrected chi connectivity index (χ4v) is 3.59. The second-order valence-corrected chi connectivity index (χ2v) is 6.51. The largest absolute Gasteiger partial charge is 0.372 e. The highest BCUT2D eigenvalue weighted by molar-refractivity contribution is 5.95. The second-order valence-electron chi connectivity index (χ2n) is 6.51. The van der Waals surface area contributed by atoms with Crippen LogP contribution in [0.15, 0.2) is 18.6 Å². The van der Waals surface area contributed by atoms with Gasteiger partial charge in [0.15, 0.2) is 0 Å². The molecule has 130 valence electrons. The van der Waals surface area contributed by atoms with Crippen molar-refractivity contribution in [1.82, 2.24) is 19.4 Å². The van der Waals surface area contributed by atoms with Crippen LogP contribution >= 0.6 is 0 Å². The Morgan fingerprint density at radius 3 is 2.88 bits per heavy atom. The first-order valence-electron chi connectivity index (χ1n) is 8.56. The van der Waals surface area contributed by atoms with Crippen molar-refractivity contribution in [3.8, 4) is 0 Å². The zero-order valence-corrected chi connectivity index (χ0v) is 14.9. The fraction of sp³-hybridized carbons (Fsp3) is 0.556. The third kappa shape index (κ3) is 3.11. The summed E-state index contributed by atoms with van der Waals surface area (Å²) in [5.74, 6) is 0.0125. The number of carbonyl (C=O) groups excluding carboxylic acids is 1. The molecule has 1 aliphatic rings. The van der Waals surface area contributed by atoms with E-state index in [-0.39, 0.29) is 18.1 Å². The van der Waals surface area contributed by atoms with Gasteiger partial charge in [0.25, 0.3) is 5.91 Å². The third-order valence-electron chi connectivity index (χ3n) is 4.94. The average Bonchev–Trinajstić information content (AvgIpc) is 3.10. The van der Waals surface area contributed by atoms with Gasteiger partial charge in [0.1, 0.15) is 6.10 Å². The number of amides is 1. The lowest BCUT2D eigenvalue weighted by Gasteiger charge is -2.30. The number of aryl methyl sites for hydroxylation is 2. The zero-order chi connectivity index (χ0) is 17.3. The van der Waals surface area contributed by atoms with Gasteiger partial charge >= 0.3 is 0 Å². The Morgan fingerprint density at radius 1 is 1.46 bits per heavy atom. The molecule has 0 aliphatic carbocycles. The van der Waals surface area contributed by atoms with Crippen LogP contribution in [0.1, 0.15) is 53.3 Å². The van der Waals surface area contributed by atoms with Gasteiger partial charge in [0.2, 0.25) is 0 Å². The maximum atomic E-state index is 12.7. The molecule has 3 heterocycles. The Bertz CT molecular complexity index is 731. The number of aromatic nitrogens is 3. The minimum Gasteiger partial charge on any atom is -0.372 e. The predicted octanol–water partition coefficient (Wildman–Crippen LogP) is 2.51. The molecule has 0 aromatic carbocycles. The highest BCUT2D eigenvalue weighted by atomic mass is 16.5. The van der Waals surface area contributed by atoms with Gasteiger partial charge in [0, 0.05) is 37.6 Å². The van der Waals surface area contributed by atoms with Crippen molar-refractivity contribution in [2.75, 3.05) is 6.61 Å². The van der Waals surface area contributed by atoms with Gasteiger partial charge < -0.3 is 19.2 Å². The summed E-state index contributed by atoms with van der Waals surface area (Å²) in [4.78, 5) is 16.8. The highest BCUT2D eigenvalue weighted by Crippen LogP contribution is 2.28. The van der Waals surface area contributed by atoms with Crippen molar-refractivity contribution in [2.45, 2.75) is 52.3 Å². The maximum absolute atomic E-state index is 12.7. The molecule has 6 heteroatoms. The van der Waals surface area contributed by atoms with Crippen molar-refractivity contribution in [1.29, 1.82) is 0 Å². The first-order chi connectivity index (χ1) is 11.5. The molecular formula is C18H26N4O2. The van der Waals surface area contributed by atoms with Gasteiger partial charge in [-0.2, -0.15) is 0 Å². The molecule has 3 rings (SSSR count). The van der Waals surface area contributed by atoms with Crippen molar-refractivity contribution in [3.63, 3.8) is 0 Å². The van der Waals surface area contributed by atoms with Crippen LogP contribution in [0.4, 0.5) is 0 Å². The molecule has 0 bridgehead atoms. The molecule has 6 nitrogen and oxygen atoms in total. The molecular weight excluding hydrogens is 304 g/mol. The smallest absolute Gasteiger partial charge is 0.253 e. The van der Waals surface area contributed by atoms with E-state index in [4.69, 9.17) is 4.74 Å². The molecule has 1 amide bonds. The lowest BCUT2D eigenvalue weighted by molar-refractivity contribution is -0.00302. The van der Waals surface area contributed by atoms with E-state index in [1.54, 1.807) is 6.33 Å². The van der Waals surface area contributed by atoms with Gasteiger partial charge in [-0.3, -0.25) is 4.79 Å². The quantitative estimate of drug-likeness (QED) is 0.937. The van der Waals surface area contributed by atoms with Crippen LogP contribution in [0, 0.1) is 13.8 Å². The number of nitrogens with zero attached hydrogens (tertiary/aromatic N) is 3. The van der Waals surface area contributed by atoms with Crippen molar-refractivity contribution in [2.24, 2.45) is 7.05 Å². The van der Waals surface area contributed by atoms with Gasteiger partial charge in [-0.05, 0) is 39.7 Å². The van der Waals surface area contributed by atoms with E-state index in [1.807, 2.05) is 37.7 Å². The maximum Gasteiger partial charge on any atom is 0.253 e. The van der Waals surface area contributed by atoms with Crippen molar-refractivity contribution in [3.05, 3.63) is 41.2 Å². The molecule has 1 aliphatic heterocycles. The van der Waals surface area contributed by atoms with Crippen LogP contribution in [0.5, 0.6) is 0 Å². The molecule has 0 saturated carbocycles. The van der Waals surface area contributed by atoms with E-state index in [0.29, 0.717) is 6.61 Å². The summed E-state index contributed by atoms with van der Waals surface area (Å²) in [6, 6.07) is 2.10. The Morgan fingerprint density at radius 2 is 2.25 bits per heavy atom. The minimum atomic E-state index is -0.0142. The van der Waals surface area contributed by atoms with Crippen LogP contribution in [0.2, 0.25) is 0 Å². The lowest BCUT2D eigenvalue weighted by Crippen LogP contribution is -2.40. The Kier molecular flexibility index (Phi) is 4.76. The van der Waals surface area contributed by atoms with Gasteiger partial charge in [-0.15, -0.1) is 0 Å². The zero-order valence-electron chi connectivity index (χ0n) is 14.9. The fourth-order valence-electron chi connectivity index (χ4n) is 3.59. The third-order valence-corrected chi connectivity index (χ3v) is 4.94. The van der Waals surface area contributed by atoms with Gasteiger partial charge in [-0.1, -0.05) is 0 Å². The predicted molar refractivity (Wildman–Crippen MR) is 92.0 cm³/mol. The lowest BCUT2D eigenvalue weighted by atomic mass is 10.0. The molecule has 1 fully saturated rings. The van der Waals surface area contributed by atoms with Crippen LogP contribution in [-0.2, 0) is 18.3 Å². The van der Waals surface area contributed by atoms with E-state index in [9.17, 15) is 4.79 Å². The molecule has 24 heavy (non-hydrogen) atoms.